The second kappa shape index (κ2) is 12.7. The number of fused-ring (bicyclic) bond motifs is 1. The molecule has 1 amide bonds. The van der Waals surface area contributed by atoms with E-state index in [1.54, 1.807) is 44.2 Å². The maximum absolute atomic E-state index is 13.1. The van der Waals surface area contributed by atoms with E-state index in [2.05, 4.69) is 20.3 Å². The Hall–Kier alpha value is -3.68. The molecule has 1 saturated heterocycles. The molecule has 3 heterocycles. The number of aromatic amines is 1. The number of carbonyl (C=O) groups is 2. The number of benzene rings is 1. The van der Waals surface area contributed by atoms with Crippen molar-refractivity contribution >= 4 is 36.6 Å². The third-order valence-corrected chi connectivity index (χ3v) is 7.60. The Balaban J connectivity index is 1.75. The number of imidazole rings is 1. The van der Waals surface area contributed by atoms with Gasteiger partial charge in [0.2, 0.25) is 11.9 Å². The second-order valence-electron chi connectivity index (χ2n) is 8.56. The minimum absolute atomic E-state index is 0.0124. The standard InChI is InChI=1S/C25H30N5O9P/c1-5-36-40(34,37-6-2)13-12-17-19(39-24(33)16-10-8-7-9-11-16)20(35-4)23(38-17)30-14-26-18-21(30)28-25(27-15(3)31)29-22(18)32/h7-14,17,19-20,23H,5-6H2,1-4H3,(H2,27,28,29,31,32)/b13-12+/t17-,19-,20-,23-/m1/s1. The number of amides is 1. The number of ether oxygens (including phenoxy) is 3. The largest absolute Gasteiger partial charge is 0.453 e. The average molecular weight is 576 g/mol. The zero-order chi connectivity index (χ0) is 28.9. The van der Waals surface area contributed by atoms with E-state index in [-0.39, 0.29) is 30.3 Å². The number of anilines is 1. The first-order valence-electron chi connectivity index (χ1n) is 12.5. The molecule has 0 unspecified atom stereocenters. The van der Waals surface area contributed by atoms with Gasteiger partial charge in [0, 0.05) is 19.9 Å². The van der Waals surface area contributed by atoms with Gasteiger partial charge in [0.1, 0.15) is 12.2 Å². The molecule has 0 aliphatic carbocycles. The molecule has 0 spiro atoms. The highest BCUT2D eigenvalue weighted by molar-refractivity contribution is 7.57. The lowest BCUT2D eigenvalue weighted by Crippen LogP contribution is -2.37. The lowest BCUT2D eigenvalue weighted by Gasteiger charge is -2.23. The monoisotopic (exact) mass is 575 g/mol. The molecule has 14 nitrogen and oxygen atoms in total. The Bertz CT molecular complexity index is 1480. The van der Waals surface area contributed by atoms with E-state index in [1.807, 2.05) is 0 Å². The van der Waals surface area contributed by atoms with Crippen molar-refractivity contribution in [2.45, 2.75) is 45.3 Å². The molecule has 4 rings (SSSR count). The van der Waals surface area contributed by atoms with Crippen molar-refractivity contribution in [3.05, 3.63) is 64.5 Å². The highest BCUT2D eigenvalue weighted by Crippen LogP contribution is 2.50. The summed E-state index contributed by atoms with van der Waals surface area (Å²) in [6.07, 6.45) is -1.19. The Morgan fingerprint density at radius 3 is 2.50 bits per heavy atom. The van der Waals surface area contributed by atoms with Gasteiger partial charge in [-0.25, -0.2) is 9.78 Å². The smallest absolute Gasteiger partial charge is 0.353 e. The van der Waals surface area contributed by atoms with Gasteiger partial charge in [-0.1, -0.05) is 18.2 Å². The number of nitrogens with one attached hydrogen (secondary N) is 2. The summed E-state index contributed by atoms with van der Waals surface area (Å²) in [6, 6.07) is 8.36. The highest BCUT2D eigenvalue weighted by Gasteiger charge is 2.48. The normalized spacial score (nSPS) is 21.2. The second-order valence-corrected chi connectivity index (χ2v) is 10.5. The number of esters is 1. The van der Waals surface area contributed by atoms with E-state index >= 15 is 0 Å². The van der Waals surface area contributed by atoms with Crippen molar-refractivity contribution in [2.24, 2.45) is 0 Å². The van der Waals surface area contributed by atoms with Gasteiger partial charge in [-0.05, 0) is 32.1 Å². The fourth-order valence-electron chi connectivity index (χ4n) is 4.21. The van der Waals surface area contributed by atoms with E-state index in [4.69, 9.17) is 23.3 Å². The van der Waals surface area contributed by atoms with Crippen LogP contribution in [0.2, 0.25) is 0 Å². The lowest BCUT2D eigenvalue weighted by molar-refractivity contribution is -0.114. The van der Waals surface area contributed by atoms with Crippen LogP contribution in [-0.4, -0.2) is 70.0 Å². The van der Waals surface area contributed by atoms with Crippen LogP contribution in [0, 0.1) is 0 Å². The summed E-state index contributed by atoms with van der Waals surface area (Å²) < 4.78 is 43.0. The van der Waals surface area contributed by atoms with Gasteiger partial charge in [0.05, 0.1) is 25.1 Å². The summed E-state index contributed by atoms with van der Waals surface area (Å²) in [7, 11) is -2.22. The topological polar surface area (TPSA) is 173 Å². The molecular formula is C25H30N5O9P. The fourth-order valence-corrected chi connectivity index (χ4v) is 5.55. The molecule has 2 N–H and O–H groups in total. The number of carbonyl (C=O) groups excluding carboxylic acids is 2. The van der Waals surface area contributed by atoms with E-state index in [9.17, 15) is 18.9 Å². The number of aromatic nitrogens is 4. The summed E-state index contributed by atoms with van der Waals surface area (Å²) in [5.74, 6) is 0.0988. The molecule has 2 aromatic heterocycles. The van der Waals surface area contributed by atoms with Gasteiger partial charge in [0.15, 0.2) is 23.5 Å². The van der Waals surface area contributed by atoms with Crippen LogP contribution in [0.5, 0.6) is 0 Å². The summed E-state index contributed by atoms with van der Waals surface area (Å²) in [4.78, 5) is 48.1. The number of hydrogen-bond acceptors (Lipinski definition) is 11. The van der Waals surface area contributed by atoms with Gasteiger partial charge < -0.3 is 23.3 Å². The molecule has 4 atom stereocenters. The van der Waals surface area contributed by atoms with Crippen LogP contribution in [0.25, 0.3) is 11.2 Å². The minimum Gasteiger partial charge on any atom is -0.453 e. The third kappa shape index (κ3) is 6.37. The molecule has 0 saturated carbocycles. The molecule has 1 aliphatic heterocycles. The summed E-state index contributed by atoms with van der Waals surface area (Å²) in [5, 5.41) is 2.44. The third-order valence-electron chi connectivity index (χ3n) is 5.83. The van der Waals surface area contributed by atoms with Crippen molar-refractivity contribution in [2.75, 3.05) is 25.6 Å². The Labute approximate surface area is 229 Å². The van der Waals surface area contributed by atoms with Crippen molar-refractivity contribution < 1.29 is 37.4 Å². The SMILES string of the molecule is CCOP(=O)(/C=C/[C@H]1O[C@@H](n2cnc3c(=O)[nH]c(NC(C)=O)nc32)[C@H](OC)[C@@H]1OC(=O)c1ccccc1)OCC. The number of hydrogen-bond donors (Lipinski definition) is 2. The number of methoxy groups -OCH3 is 1. The molecule has 1 aliphatic rings. The van der Waals surface area contributed by atoms with E-state index in [1.165, 1.54) is 36.8 Å². The van der Waals surface area contributed by atoms with Crippen LogP contribution >= 0.6 is 7.60 Å². The molecule has 40 heavy (non-hydrogen) atoms. The highest BCUT2D eigenvalue weighted by atomic mass is 31.2. The molecule has 214 valence electrons. The first kappa shape index (κ1) is 29.3. The predicted molar refractivity (Wildman–Crippen MR) is 143 cm³/mol. The quantitative estimate of drug-likeness (QED) is 0.254. The zero-order valence-corrected chi connectivity index (χ0v) is 23.2. The van der Waals surface area contributed by atoms with Crippen molar-refractivity contribution in [1.29, 1.82) is 0 Å². The van der Waals surface area contributed by atoms with Crippen LogP contribution < -0.4 is 10.9 Å². The van der Waals surface area contributed by atoms with Crippen molar-refractivity contribution in [3.8, 4) is 0 Å². The minimum atomic E-state index is -3.62. The molecule has 1 aromatic carbocycles. The molecular weight excluding hydrogens is 545 g/mol. The first-order valence-corrected chi connectivity index (χ1v) is 14.1. The van der Waals surface area contributed by atoms with E-state index in [0.29, 0.717) is 5.56 Å². The Morgan fingerprint density at radius 2 is 1.88 bits per heavy atom. The number of rotatable bonds is 11. The van der Waals surface area contributed by atoms with Crippen molar-refractivity contribution in [3.63, 3.8) is 0 Å². The zero-order valence-electron chi connectivity index (χ0n) is 22.3. The molecule has 0 bridgehead atoms. The summed E-state index contributed by atoms with van der Waals surface area (Å²) in [5.41, 5.74) is -0.204. The van der Waals surface area contributed by atoms with Crippen molar-refractivity contribution in [1.82, 2.24) is 19.5 Å². The van der Waals surface area contributed by atoms with Gasteiger partial charge in [-0.2, -0.15) is 4.98 Å². The molecule has 1 fully saturated rings. The van der Waals surface area contributed by atoms with Crippen LogP contribution in [-0.2, 0) is 32.6 Å². The number of H-pyrrole nitrogens is 1. The van der Waals surface area contributed by atoms with Gasteiger partial charge in [-0.3, -0.25) is 29.0 Å². The molecule has 15 heteroatoms. The van der Waals surface area contributed by atoms with Gasteiger partial charge in [-0.15, -0.1) is 0 Å². The van der Waals surface area contributed by atoms with Crippen LogP contribution in [0.1, 0.15) is 37.4 Å². The first-order chi connectivity index (χ1) is 19.2. The van der Waals surface area contributed by atoms with Crippen LogP contribution in [0.15, 0.2) is 53.3 Å². The van der Waals surface area contributed by atoms with Crippen LogP contribution in [0.4, 0.5) is 5.95 Å². The Morgan fingerprint density at radius 1 is 1.18 bits per heavy atom. The average Bonchev–Trinajstić information content (AvgIpc) is 3.49. The maximum atomic E-state index is 13.1. The van der Waals surface area contributed by atoms with E-state index < -0.39 is 49.6 Å². The lowest BCUT2D eigenvalue weighted by atomic mass is 10.1. The summed E-state index contributed by atoms with van der Waals surface area (Å²) in [6.45, 7) is 4.91. The maximum Gasteiger partial charge on any atom is 0.353 e. The fraction of sp³-hybridized carbons (Fsp3) is 0.400. The van der Waals surface area contributed by atoms with E-state index in [0.717, 1.165) is 0 Å². The summed E-state index contributed by atoms with van der Waals surface area (Å²) >= 11 is 0. The predicted octanol–water partition coefficient (Wildman–Crippen LogP) is 3.00. The van der Waals surface area contributed by atoms with Gasteiger partial charge in [0.25, 0.3) is 5.56 Å². The molecule has 3 aromatic rings. The van der Waals surface area contributed by atoms with Gasteiger partial charge >= 0.3 is 13.6 Å². The molecule has 0 radical (unpaired) electrons. The Kier molecular flexibility index (Phi) is 9.28. The number of nitrogens with zero attached hydrogens (tertiary/aromatic N) is 3. The van der Waals surface area contributed by atoms with Crippen LogP contribution in [0.3, 0.4) is 0 Å².